The van der Waals surface area contributed by atoms with Crippen LogP contribution in [0.1, 0.15) is 83.3 Å². The van der Waals surface area contributed by atoms with Gasteiger partial charge in [0.1, 0.15) is 30.4 Å². The third-order valence-corrected chi connectivity index (χ3v) is 15.3. The van der Waals surface area contributed by atoms with Crippen LogP contribution < -0.4 is 22.2 Å². The second-order valence-corrected chi connectivity index (χ2v) is 21.4. The number of ether oxygens (including phenoxy) is 1. The second-order valence-electron chi connectivity index (χ2n) is 18.2. The van der Waals surface area contributed by atoms with E-state index in [9.17, 15) is 44.7 Å². The number of rotatable bonds is 17. The maximum absolute atomic E-state index is 15.4. The number of carbonyl (C=O) groups excluding carboxylic acids is 1. The van der Waals surface area contributed by atoms with Crippen molar-refractivity contribution in [1.82, 2.24) is 20.1 Å². The van der Waals surface area contributed by atoms with E-state index in [4.69, 9.17) is 38.2 Å². The van der Waals surface area contributed by atoms with Gasteiger partial charge in [-0.25, -0.2) is 40.2 Å². The van der Waals surface area contributed by atoms with Crippen LogP contribution in [-0.2, 0) is 38.8 Å². The Balaban J connectivity index is 1.56. The number of nitrogens with one attached hydrogen (secondary N) is 1. The number of nitrogens with two attached hydrogens (primary N) is 3. The van der Waals surface area contributed by atoms with Gasteiger partial charge in [-0.05, 0) is 96.0 Å². The predicted octanol–water partition coefficient (Wildman–Crippen LogP) is 6.47. The van der Waals surface area contributed by atoms with Gasteiger partial charge in [-0.15, -0.1) is 0 Å². The van der Waals surface area contributed by atoms with Gasteiger partial charge in [0.15, 0.2) is 21.3 Å². The summed E-state index contributed by atoms with van der Waals surface area (Å²) in [4.78, 5) is 26.7. The van der Waals surface area contributed by atoms with Crippen molar-refractivity contribution >= 4 is 61.7 Å². The summed E-state index contributed by atoms with van der Waals surface area (Å²) in [6.45, 7) is 4.70. The van der Waals surface area contributed by atoms with Crippen LogP contribution in [0.3, 0.4) is 0 Å². The number of pyridine rings is 1. The Kier molecular flexibility index (Phi) is 15.2. The first kappa shape index (κ1) is 52.7. The van der Waals surface area contributed by atoms with Crippen molar-refractivity contribution in [3.8, 4) is 11.1 Å². The normalized spacial score (nSPS) is 18.7. The van der Waals surface area contributed by atoms with Crippen LogP contribution in [0.25, 0.3) is 22.0 Å². The van der Waals surface area contributed by atoms with Crippen molar-refractivity contribution in [2.45, 2.75) is 120 Å². The third kappa shape index (κ3) is 11.7. The molecule has 2 fully saturated rings. The first-order valence-electron chi connectivity index (χ1n) is 21.5. The number of benzene rings is 2. The average Bonchev–Trinajstić information content (AvgIpc) is 4.01. The van der Waals surface area contributed by atoms with Crippen LogP contribution >= 0.6 is 11.6 Å². The number of fused-ring (bicyclic) bond motifs is 1. The molecule has 2 aromatic heterocycles. The number of hydrogen-bond donors (Lipinski definition) is 5. The molecular weight excluding hydrogens is 966 g/mol. The summed E-state index contributed by atoms with van der Waals surface area (Å²) < 4.78 is 148. The van der Waals surface area contributed by atoms with E-state index in [0.29, 0.717) is 18.9 Å². The molecule has 0 unspecified atom stereocenters. The van der Waals surface area contributed by atoms with Gasteiger partial charge in [0.25, 0.3) is 24.8 Å². The van der Waals surface area contributed by atoms with E-state index < -0.39 is 129 Å². The van der Waals surface area contributed by atoms with E-state index >= 15 is 8.78 Å². The Labute approximate surface area is 396 Å². The number of alkyl halides is 6. The molecule has 1 amide bonds. The van der Waals surface area contributed by atoms with Crippen LogP contribution in [0.15, 0.2) is 63.7 Å². The summed E-state index contributed by atoms with van der Waals surface area (Å²) in [5.41, 5.74) is 7.08. The molecule has 2 atom stereocenters. The van der Waals surface area contributed by atoms with E-state index in [1.54, 1.807) is 13.8 Å². The van der Waals surface area contributed by atoms with Crippen LogP contribution in [0.4, 0.5) is 40.9 Å². The lowest BCUT2D eigenvalue weighted by Gasteiger charge is -2.26. The number of allylic oxidation sites excluding steroid dienone is 2. The van der Waals surface area contributed by atoms with Crippen molar-refractivity contribution in [1.29, 1.82) is 0 Å². The first-order valence-corrected chi connectivity index (χ1v) is 23.5. The number of aromatic nitrogens is 3. The first-order chi connectivity index (χ1) is 32.0. The molecule has 0 aliphatic heterocycles. The molecule has 2 saturated carbocycles. The van der Waals surface area contributed by atoms with Crippen molar-refractivity contribution in [2.75, 3.05) is 6.54 Å². The van der Waals surface area contributed by atoms with Crippen molar-refractivity contribution in [3.63, 3.8) is 0 Å². The molecule has 6 rings (SSSR count). The molecule has 0 bridgehead atoms. The number of halogens is 9. The highest BCUT2D eigenvalue weighted by atomic mass is 35.5. The molecule has 14 nitrogen and oxygen atoms in total. The number of nitrogens with zero attached hydrogens (tertiary/aromatic N) is 5. The van der Waals surface area contributed by atoms with Gasteiger partial charge in [-0.3, -0.25) is 19.5 Å². The van der Waals surface area contributed by atoms with E-state index in [0.717, 1.165) is 23.7 Å². The molecule has 69 heavy (non-hydrogen) atoms. The maximum atomic E-state index is 15.4. The van der Waals surface area contributed by atoms with Crippen molar-refractivity contribution in [2.24, 2.45) is 27.4 Å². The Morgan fingerprint density at radius 2 is 1.70 bits per heavy atom. The van der Waals surface area contributed by atoms with E-state index in [-0.39, 0.29) is 62.7 Å². The number of hydrogen-bond acceptors (Lipinski definition) is 10. The minimum atomic E-state index is -3.77. The molecule has 2 aliphatic rings. The van der Waals surface area contributed by atoms with Gasteiger partial charge in [-0.2, -0.15) is 18.9 Å². The Morgan fingerprint density at radius 3 is 2.29 bits per heavy atom. The minimum Gasteiger partial charge on any atom is -0.397 e. The summed E-state index contributed by atoms with van der Waals surface area (Å²) in [7, 11) is -3.59. The quantitative estimate of drug-likeness (QED) is 0.0443. The van der Waals surface area contributed by atoms with Crippen LogP contribution in [-0.4, -0.2) is 92.7 Å². The summed E-state index contributed by atoms with van der Waals surface area (Å²) in [6, 6.07) is 6.13. The van der Waals surface area contributed by atoms with Gasteiger partial charge in [-0.1, -0.05) is 30.7 Å². The van der Waals surface area contributed by atoms with Crippen molar-refractivity contribution < 1.29 is 63.6 Å². The summed E-state index contributed by atoms with van der Waals surface area (Å²) in [5.74, 6) is -9.21. The third-order valence-electron chi connectivity index (χ3n) is 11.9. The number of amidine groups is 1. The molecule has 0 saturated heterocycles. The zero-order chi connectivity index (χ0) is 51.1. The standard InChI is InChI=1S/C45H50ClF8N9O5S/c1-21-14-29(35(55)39(51)52)38(45(21,53)54)58-19-33(64)60-31(17-22-15-23(47)18-24(48)16-22)36-27(9-6-25(59-36)12-13-43(2,3)69(66,67)26-7-8-26)28-10-11-30(46)34-37(28)63(20-32(49)50)62-40(34)61-42(57)68-41(56)44(4,5)65/h6,9-11,15-16,18,21,26,31-32,39,56,65H,7-8,12-14,17,19-20,55H2,1-5H3,(H,60,64)(H2,57,61,62)/p+1/t21-,31+/m1/s1. The summed E-state index contributed by atoms with van der Waals surface area (Å²) >= 11 is 6.71. The minimum absolute atomic E-state index is 0.0192. The highest BCUT2D eigenvalue weighted by Crippen LogP contribution is 2.44. The summed E-state index contributed by atoms with van der Waals surface area (Å²) in [5, 5.41) is 22.3. The lowest BCUT2D eigenvalue weighted by molar-refractivity contribution is -0.153. The van der Waals surface area contributed by atoms with E-state index in [1.165, 1.54) is 38.1 Å². The molecule has 2 aromatic carbocycles. The Bertz CT molecular complexity index is 2840. The summed E-state index contributed by atoms with van der Waals surface area (Å²) in [6.07, 6.45) is -6.26. The fourth-order valence-corrected chi connectivity index (χ4v) is 10.1. The van der Waals surface area contributed by atoms with E-state index in [1.807, 2.05) is 0 Å². The largest absolute Gasteiger partial charge is 0.397 e. The fourth-order valence-electron chi connectivity index (χ4n) is 7.86. The Morgan fingerprint density at radius 1 is 1.06 bits per heavy atom. The highest BCUT2D eigenvalue weighted by molar-refractivity contribution is 7.93. The maximum Gasteiger partial charge on any atom is 0.373 e. The molecule has 4 aromatic rings. The van der Waals surface area contributed by atoms with E-state index in [2.05, 4.69) is 20.4 Å². The molecule has 8 N–H and O–H groups in total. The van der Waals surface area contributed by atoms with Gasteiger partial charge in [0, 0.05) is 34.4 Å². The van der Waals surface area contributed by atoms with Crippen LogP contribution in [0.2, 0.25) is 5.02 Å². The van der Waals surface area contributed by atoms with Gasteiger partial charge in [0.2, 0.25) is 5.91 Å². The van der Waals surface area contributed by atoms with Gasteiger partial charge < -0.3 is 26.6 Å². The Hall–Kier alpha value is -5.68. The number of aliphatic imine (C=N–C) groups is 2. The molecular formula is C45H51ClF8N9O5S+. The number of sulfone groups is 1. The number of carbonyl (C=O) groups is 1. The molecule has 0 spiro atoms. The predicted molar refractivity (Wildman–Crippen MR) is 243 cm³/mol. The smallest absolute Gasteiger partial charge is 0.373 e. The van der Waals surface area contributed by atoms with Gasteiger partial charge in [0.05, 0.1) is 43.4 Å². The van der Waals surface area contributed by atoms with Crippen molar-refractivity contribution in [3.05, 3.63) is 87.3 Å². The zero-order valence-electron chi connectivity index (χ0n) is 37.9. The molecule has 2 aliphatic carbocycles. The topological polar surface area (TPSA) is 226 Å². The lowest BCUT2D eigenvalue weighted by atomic mass is 9.93. The number of aliphatic hydroxyl groups is 1. The van der Waals surface area contributed by atoms with Crippen LogP contribution in [0, 0.1) is 17.6 Å². The van der Waals surface area contributed by atoms with Crippen LogP contribution in [0.5, 0.6) is 0 Å². The highest BCUT2D eigenvalue weighted by Gasteiger charge is 2.51. The monoisotopic (exact) mass is 1020 g/mol. The SMILES string of the molecule is C[C@@H]1CC(=C(N)C(F)F)C(=NCC(=O)N[C@@H](Cc2cc(F)cc(F)c2)c2nc(CCC(C)(C)S(=O)(=O)C3CC3)ccc2-c2ccc(Cl)c3c(N=C(N)OC(=[NH2+])C(C)(C)O)nn(CC(F)F)c23)C1(F)F. The fraction of sp³-hybridized carbons (Fsp3) is 0.467. The zero-order valence-corrected chi connectivity index (χ0v) is 39.5. The molecule has 374 valence electrons. The number of aryl methyl sites for hydroxylation is 1. The second kappa shape index (κ2) is 20.0. The number of amides is 1. The average molecular weight is 1020 g/mol. The molecule has 0 radical (unpaired) electrons. The van der Waals surface area contributed by atoms with Gasteiger partial charge >= 0.3 is 5.90 Å². The lowest BCUT2D eigenvalue weighted by Crippen LogP contribution is -2.55. The molecule has 24 heteroatoms. The molecule has 2 heterocycles.